The lowest BCUT2D eigenvalue weighted by Gasteiger charge is -2.21. The molecule has 1 aliphatic rings. The number of aliphatic hydroxyl groups is 1. The number of benzene rings is 1. The summed E-state index contributed by atoms with van der Waals surface area (Å²) in [6.07, 6.45) is 2.54. The summed E-state index contributed by atoms with van der Waals surface area (Å²) in [5.41, 5.74) is 2.40. The van der Waals surface area contributed by atoms with E-state index in [1.165, 1.54) is 18.5 Å². The van der Waals surface area contributed by atoms with Crippen molar-refractivity contribution >= 4 is 11.4 Å². The highest BCUT2D eigenvalue weighted by Gasteiger charge is 2.15. The fourth-order valence-electron chi connectivity index (χ4n) is 2.64. The summed E-state index contributed by atoms with van der Waals surface area (Å²) in [6, 6.07) is 12.1. The van der Waals surface area contributed by atoms with Gasteiger partial charge in [-0.3, -0.25) is 0 Å². The summed E-state index contributed by atoms with van der Waals surface area (Å²) in [6.45, 7) is 2.84. The van der Waals surface area contributed by atoms with Crippen molar-refractivity contribution in [1.82, 2.24) is 0 Å². The van der Waals surface area contributed by atoms with Gasteiger partial charge in [0.1, 0.15) is 18.1 Å². The average molecular weight is 272 g/mol. The second-order valence-electron chi connectivity index (χ2n) is 5.09. The zero-order valence-electron chi connectivity index (χ0n) is 11.5. The molecule has 2 heterocycles. The van der Waals surface area contributed by atoms with Crippen LogP contribution >= 0.6 is 0 Å². The van der Waals surface area contributed by atoms with Crippen molar-refractivity contribution in [3.8, 4) is 0 Å². The van der Waals surface area contributed by atoms with Crippen LogP contribution in [0.2, 0.25) is 0 Å². The minimum absolute atomic E-state index is 0.0512. The van der Waals surface area contributed by atoms with Crippen molar-refractivity contribution in [1.29, 1.82) is 0 Å². The molecule has 0 amide bonds. The van der Waals surface area contributed by atoms with Crippen molar-refractivity contribution in [3.05, 3.63) is 47.9 Å². The molecule has 4 heteroatoms. The molecular formula is C16H20N2O2. The van der Waals surface area contributed by atoms with Gasteiger partial charge < -0.3 is 19.7 Å². The minimum Gasteiger partial charge on any atom is -0.462 e. The second kappa shape index (κ2) is 6.01. The van der Waals surface area contributed by atoms with Crippen LogP contribution in [0, 0.1) is 0 Å². The molecule has 0 atom stereocenters. The Morgan fingerprint density at radius 3 is 2.55 bits per heavy atom. The molecule has 1 aromatic heterocycles. The summed E-state index contributed by atoms with van der Waals surface area (Å²) < 4.78 is 5.49. The molecule has 0 aliphatic carbocycles. The predicted octanol–water partition coefficient (Wildman–Crippen LogP) is 2.98. The summed E-state index contributed by atoms with van der Waals surface area (Å²) in [5, 5.41) is 12.4. The van der Waals surface area contributed by atoms with E-state index >= 15 is 0 Å². The van der Waals surface area contributed by atoms with Crippen molar-refractivity contribution in [2.24, 2.45) is 0 Å². The quantitative estimate of drug-likeness (QED) is 0.878. The number of nitrogens with one attached hydrogen (secondary N) is 1. The zero-order valence-corrected chi connectivity index (χ0v) is 11.5. The van der Waals surface area contributed by atoms with Gasteiger partial charge in [-0.05, 0) is 37.1 Å². The SMILES string of the molecule is OCc1ccc(CNc2ccccc2N2CCCC2)o1. The molecule has 1 aromatic carbocycles. The van der Waals surface area contributed by atoms with Crippen LogP contribution in [0.15, 0.2) is 40.8 Å². The van der Waals surface area contributed by atoms with Crippen molar-refractivity contribution in [3.63, 3.8) is 0 Å². The third kappa shape index (κ3) is 2.80. The summed E-state index contributed by atoms with van der Waals surface area (Å²) in [5.74, 6) is 1.44. The second-order valence-corrected chi connectivity index (χ2v) is 5.09. The van der Waals surface area contributed by atoms with Gasteiger partial charge in [-0.25, -0.2) is 0 Å². The van der Waals surface area contributed by atoms with Gasteiger partial charge in [-0.2, -0.15) is 0 Å². The van der Waals surface area contributed by atoms with Crippen LogP contribution in [-0.2, 0) is 13.2 Å². The maximum Gasteiger partial charge on any atom is 0.129 e. The van der Waals surface area contributed by atoms with E-state index in [9.17, 15) is 0 Å². The van der Waals surface area contributed by atoms with E-state index in [0.29, 0.717) is 12.3 Å². The smallest absolute Gasteiger partial charge is 0.129 e. The molecule has 0 spiro atoms. The lowest BCUT2D eigenvalue weighted by atomic mass is 10.2. The van der Waals surface area contributed by atoms with Crippen LogP contribution in [0.25, 0.3) is 0 Å². The Balaban J connectivity index is 1.70. The molecule has 1 aliphatic heterocycles. The number of anilines is 2. The van der Waals surface area contributed by atoms with Gasteiger partial charge in [0.25, 0.3) is 0 Å². The Hall–Kier alpha value is -1.94. The number of hydrogen-bond donors (Lipinski definition) is 2. The Morgan fingerprint density at radius 2 is 1.80 bits per heavy atom. The van der Waals surface area contributed by atoms with Crippen molar-refractivity contribution in [2.45, 2.75) is 26.0 Å². The topological polar surface area (TPSA) is 48.6 Å². The molecule has 3 rings (SSSR count). The van der Waals surface area contributed by atoms with Crippen LogP contribution in [0.1, 0.15) is 24.4 Å². The third-order valence-corrected chi connectivity index (χ3v) is 3.68. The first-order valence-electron chi connectivity index (χ1n) is 7.13. The monoisotopic (exact) mass is 272 g/mol. The van der Waals surface area contributed by atoms with Crippen LogP contribution in [-0.4, -0.2) is 18.2 Å². The normalized spacial score (nSPS) is 14.8. The third-order valence-electron chi connectivity index (χ3n) is 3.68. The standard InChI is InChI=1S/C16H20N2O2/c19-12-14-8-7-13(20-14)11-17-15-5-1-2-6-16(15)18-9-3-4-10-18/h1-2,5-8,17,19H,3-4,9-12H2. The molecule has 0 bridgehead atoms. The summed E-state index contributed by atoms with van der Waals surface area (Å²) in [4.78, 5) is 2.42. The van der Waals surface area contributed by atoms with Gasteiger partial charge in [0.05, 0.1) is 17.9 Å². The van der Waals surface area contributed by atoms with E-state index < -0.39 is 0 Å². The Morgan fingerprint density at radius 1 is 1.05 bits per heavy atom. The molecular weight excluding hydrogens is 252 g/mol. The number of furan rings is 1. The van der Waals surface area contributed by atoms with Crippen molar-refractivity contribution in [2.75, 3.05) is 23.3 Å². The molecule has 0 saturated carbocycles. The van der Waals surface area contributed by atoms with Gasteiger partial charge in [0, 0.05) is 13.1 Å². The first-order chi connectivity index (χ1) is 9.86. The fraction of sp³-hybridized carbons (Fsp3) is 0.375. The fourth-order valence-corrected chi connectivity index (χ4v) is 2.64. The number of hydrogen-bond acceptors (Lipinski definition) is 4. The van der Waals surface area contributed by atoms with E-state index in [0.717, 1.165) is 24.5 Å². The van der Waals surface area contributed by atoms with E-state index in [1.54, 1.807) is 0 Å². The number of nitrogens with zero attached hydrogens (tertiary/aromatic N) is 1. The van der Waals surface area contributed by atoms with E-state index in [1.807, 2.05) is 18.2 Å². The highest BCUT2D eigenvalue weighted by Crippen LogP contribution is 2.29. The first-order valence-corrected chi connectivity index (χ1v) is 7.13. The number of para-hydroxylation sites is 2. The molecule has 1 fully saturated rings. The van der Waals surface area contributed by atoms with Crippen molar-refractivity contribution < 1.29 is 9.52 Å². The van der Waals surface area contributed by atoms with E-state index in [-0.39, 0.29) is 6.61 Å². The highest BCUT2D eigenvalue weighted by molar-refractivity contribution is 5.70. The Kier molecular flexibility index (Phi) is 3.92. The van der Waals surface area contributed by atoms with Gasteiger partial charge in [-0.15, -0.1) is 0 Å². The van der Waals surface area contributed by atoms with Gasteiger partial charge in [-0.1, -0.05) is 12.1 Å². The molecule has 0 radical (unpaired) electrons. The largest absolute Gasteiger partial charge is 0.462 e. The molecule has 1 saturated heterocycles. The zero-order chi connectivity index (χ0) is 13.8. The predicted molar refractivity (Wildman–Crippen MR) is 79.8 cm³/mol. The summed E-state index contributed by atoms with van der Waals surface area (Å²) in [7, 11) is 0. The van der Waals surface area contributed by atoms with Gasteiger partial charge in [0.2, 0.25) is 0 Å². The lowest BCUT2D eigenvalue weighted by molar-refractivity contribution is 0.244. The average Bonchev–Trinajstić information content (AvgIpc) is 3.17. The first kappa shape index (κ1) is 13.1. The van der Waals surface area contributed by atoms with Gasteiger partial charge in [0.15, 0.2) is 0 Å². The van der Waals surface area contributed by atoms with Crippen LogP contribution in [0.5, 0.6) is 0 Å². The highest BCUT2D eigenvalue weighted by atomic mass is 16.4. The van der Waals surface area contributed by atoms with Crippen LogP contribution < -0.4 is 10.2 Å². The minimum atomic E-state index is -0.0512. The number of aliphatic hydroxyl groups excluding tert-OH is 1. The Bertz CT molecular complexity index is 559. The van der Waals surface area contributed by atoms with Gasteiger partial charge >= 0.3 is 0 Å². The molecule has 2 aromatic rings. The van der Waals surface area contributed by atoms with E-state index in [2.05, 4.69) is 28.4 Å². The Labute approximate surface area is 119 Å². The molecule has 2 N–H and O–H groups in total. The molecule has 0 unspecified atom stereocenters. The number of rotatable bonds is 5. The lowest BCUT2D eigenvalue weighted by Crippen LogP contribution is -2.19. The van der Waals surface area contributed by atoms with Crippen LogP contribution in [0.3, 0.4) is 0 Å². The molecule has 20 heavy (non-hydrogen) atoms. The maximum absolute atomic E-state index is 9.00. The summed E-state index contributed by atoms with van der Waals surface area (Å²) >= 11 is 0. The van der Waals surface area contributed by atoms with E-state index in [4.69, 9.17) is 9.52 Å². The maximum atomic E-state index is 9.00. The molecule has 106 valence electrons. The molecule has 4 nitrogen and oxygen atoms in total. The van der Waals surface area contributed by atoms with Crippen LogP contribution in [0.4, 0.5) is 11.4 Å².